The monoisotopic (exact) mass is 153 g/mol. The summed E-state index contributed by atoms with van der Waals surface area (Å²) in [5.41, 5.74) is 0. The highest BCUT2D eigenvalue weighted by Gasteiger charge is 2.33. The molecule has 1 unspecified atom stereocenters. The van der Waals surface area contributed by atoms with Crippen LogP contribution in [0.3, 0.4) is 0 Å². The fourth-order valence-electron chi connectivity index (χ4n) is 1.11. The zero-order valence-corrected chi connectivity index (χ0v) is 6.70. The molecule has 1 aliphatic heterocycles. The standard InChI is InChI=1S/C8H11NO2/c1-3-4-9-7(10)5-6(2)8(9)11/h3-4,6H,5H2,1-2H3. The number of hydrogen-bond acceptors (Lipinski definition) is 2. The quantitative estimate of drug-likeness (QED) is 0.525. The van der Waals surface area contributed by atoms with Crippen LogP contribution in [0.2, 0.25) is 0 Å². The molecule has 11 heavy (non-hydrogen) atoms. The molecule has 3 nitrogen and oxygen atoms in total. The van der Waals surface area contributed by atoms with Crippen LogP contribution in [0, 0.1) is 5.92 Å². The van der Waals surface area contributed by atoms with Crippen LogP contribution < -0.4 is 0 Å². The molecule has 1 heterocycles. The van der Waals surface area contributed by atoms with E-state index in [1.165, 1.54) is 11.1 Å². The molecule has 0 N–H and O–H groups in total. The zero-order valence-electron chi connectivity index (χ0n) is 6.70. The molecule has 60 valence electrons. The number of amides is 2. The van der Waals surface area contributed by atoms with Crippen molar-refractivity contribution in [2.45, 2.75) is 20.3 Å². The molecule has 0 saturated carbocycles. The summed E-state index contributed by atoms with van der Waals surface area (Å²) in [6, 6.07) is 0. The van der Waals surface area contributed by atoms with Crippen LogP contribution in [0.15, 0.2) is 12.3 Å². The topological polar surface area (TPSA) is 37.4 Å². The number of allylic oxidation sites excluding steroid dienone is 1. The highest BCUT2D eigenvalue weighted by atomic mass is 16.2. The smallest absolute Gasteiger partial charge is 0.236 e. The maximum Gasteiger partial charge on any atom is 0.236 e. The normalized spacial score (nSPS) is 25.6. The molecule has 0 aliphatic carbocycles. The molecule has 0 aromatic heterocycles. The van der Waals surface area contributed by atoms with Crippen molar-refractivity contribution in [1.82, 2.24) is 4.90 Å². The average Bonchev–Trinajstić information content (AvgIpc) is 2.17. The van der Waals surface area contributed by atoms with E-state index in [9.17, 15) is 9.59 Å². The predicted octanol–water partition coefficient (Wildman–Crippen LogP) is 0.915. The maximum absolute atomic E-state index is 11.2. The minimum Gasteiger partial charge on any atom is -0.274 e. The first kappa shape index (κ1) is 7.98. The number of rotatable bonds is 1. The minimum absolute atomic E-state index is 0.0897. The van der Waals surface area contributed by atoms with Crippen LogP contribution in [-0.2, 0) is 9.59 Å². The summed E-state index contributed by atoms with van der Waals surface area (Å²) in [5.74, 6) is -0.326. The predicted molar refractivity (Wildman–Crippen MR) is 40.4 cm³/mol. The van der Waals surface area contributed by atoms with Crippen molar-refractivity contribution in [3.63, 3.8) is 0 Å². The van der Waals surface area contributed by atoms with Crippen LogP contribution in [0.1, 0.15) is 20.3 Å². The van der Waals surface area contributed by atoms with E-state index < -0.39 is 0 Å². The fourth-order valence-corrected chi connectivity index (χ4v) is 1.11. The summed E-state index contributed by atoms with van der Waals surface area (Å²) >= 11 is 0. The lowest BCUT2D eigenvalue weighted by molar-refractivity contribution is -0.135. The molecule has 1 rings (SSSR count). The Hall–Kier alpha value is -1.12. The number of carbonyl (C=O) groups excluding carboxylic acids is 2. The van der Waals surface area contributed by atoms with Gasteiger partial charge in [-0.05, 0) is 6.92 Å². The number of carbonyl (C=O) groups is 2. The Kier molecular flexibility index (Phi) is 2.08. The molecule has 1 atom stereocenters. The first-order valence-electron chi connectivity index (χ1n) is 3.65. The molecule has 1 fully saturated rings. The molecule has 1 aliphatic rings. The molecule has 1 saturated heterocycles. The molecule has 2 amide bonds. The van der Waals surface area contributed by atoms with Gasteiger partial charge in [0, 0.05) is 18.5 Å². The lowest BCUT2D eigenvalue weighted by atomic mass is 10.1. The molecule has 0 bridgehead atoms. The van der Waals surface area contributed by atoms with Crippen LogP contribution in [-0.4, -0.2) is 16.7 Å². The van der Waals surface area contributed by atoms with Crippen LogP contribution in [0.5, 0.6) is 0 Å². The molecular weight excluding hydrogens is 142 g/mol. The first-order chi connectivity index (χ1) is 5.16. The van der Waals surface area contributed by atoms with E-state index in [1.54, 1.807) is 19.9 Å². The number of likely N-dealkylation sites (tertiary alicyclic amines) is 1. The van der Waals surface area contributed by atoms with Crippen molar-refractivity contribution in [2.24, 2.45) is 5.92 Å². The third-order valence-electron chi connectivity index (χ3n) is 1.71. The summed E-state index contributed by atoms with van der Waals surface area (Å²) in [4.78, 5) is 23.4. The Bertz CT molecular complexity index is 220. The van der Waals surface area contributed by atoms with E-state index in [2.05, 4.69) is 0 Å². The second-order valence-corrected chi connectivity index (χ2v) is 2.69. The summed E-state index contributed by atoms with van der Waals surface area (Å²) in [6.07, 6.45) is 3.56. The van der Waals surface area contributed by atoms with Crippen molar-refractivity contribution >= 4 is 11.8 Å². The Morgan fingerprint density at radius 2 is 2.18 bits per heavy atom. The van der Waals surface area contributed by atoms with Gasteiger partial charge in [-0.3, -0.25) is 14.5 Å². The van der Waals surface area contributed by atoms with Crippen LogP contribution >= 0.6 is 0 Å². The summed E-state index contributed by atoms with van der Waals surface area (Å²) in [6.45, 7) is 3.55. The molecule has 3 heteroatoms. The van der Waals surface area contributed by atoms with Crippen molar-refractivity contribution in [1.29, 1.82) is 0 Å². The van der Waals surface area contributed by atoms with E-state index in [1.807, 2.05) is 0 Å². The number of imide groups is 1. The van der Waals surface area contributed by atoms with Crippen molar-refractivity contribution in [2.75, 3.05) is 0 Å². The second kappa shape index (κ2) is 2.86. The van der Waals surface area contributed by atoms with Crippen LogP contribution in [0.4, 0.5) is 0 Å². The number of nitrogens with zero attached hydrogens (tertiary/aromatic N) is 1. The largest absolute Gasteiger partial charge is 0.274 e. The van der Waals surface area contributed by atoms with E-state index in [0.717, 1.165) is 0 Å². The average molecular weight is 153 g/mol. The van der Waals surface area contributed by atoms with Gasteiger partial charge in [0.05, 0.1) is 0 Å². The van der Waals surface area contributed by atoms with Crippen molar-refractivity contribution in [3.05, 3.63) is 12.3 Å². The van der Waals surface area contributed by atoms with Gasteiger partial charge < -0.3 is 0 Å². The molecule has 0 aromatic carbocycles. The maximum atomic E-state index is 11.2. The molecule has 0 radical (unpaired) electrons. The molecule has 0 aromatic rings. The van der Waals surface area contributed by atoms with Gasteiger partial charge in [0.15, 0.2) is 0 Å². The van der Waals surface area contributed by atoms with E-state index in [-0.39, 0.29) is 17.7 Å². The zero-order chi connectivity index (χ0) is 8.43. The van der Waals surface area contributed by atoms with Gasteiger partial charge >= 0.3 is 0 Å². The fraction of sp³-hybridized carbons (Fsp3) is 0.500. The summed E-state index contributed by atoms with van der Waals surface area (Å²) in [7, 11) is 0. The summed E-state index contributed by atoms with van der Waals surface area (Å²) < 4.78 is 0. The number of hydrogen-bond donors (Lipinski definition) is 0. The summed E-state index contributed by atoms with van der Waals surface area (Å²) in [5, 5.41) is 0. The lowest BCUT2D eigenvalue weighted by Crippen LogP contribution is -2.24. The van der Waals surface area contributed by atoms with Gasteiger partial charge in [-0.15, -0.1) is 0 Å². The SMILES string of the molecule is CC=CN1C(=O)CC(C)C1=O. The van der Waals surface area contributed by atoms with Gasteiger partial charge in [-0.1, -0.05) is 13.0 Å². The molecule has 0 spiro atoms. The van der Waals surface area contributed by atoms with Gasteiger partial charge in [-0.25, -0.2) is 0 Å². The minimum atomic E-state index is -0.140. The van der Waals surface area contributed by atoms with E-state index >= 15 is 0 Å². The molecular formula is C8H11NO2. The highest BCUT2D eigenvalue weighted by Crippen LogP contribution is 2.18. The van der Waals surface area contributed by atoms with Gasteiger partial charge in [0.25, 0.3) is 0 Å². The highest BCUT2D eigenvalue weighted by molar-refractivity contribution is 6.04. The van der Waals surface area contributed by atoms with Gasteiger partial charge in [0.2, 0.25) is 11.8 Å². The van der Waals surface area contributed by atoms with Crippen molar-refractivity contribution in [3.8, 4) is 0 Å². The Morgan fingerprint density at radius 1 is 1.55 bits per heavy atom. The van der Waals surface area contributed by atoms with Crippen molar-refractivity contribution < 1.29 is 9.59 Å². The van der Waals surface area contributed by atoms with E-state index in [0.29, 0.717) is 6.42 Å². The Balaban J connectivity index is 2.80. The lowest BCUT2D eigenvalue weighted by Gasteiger charge is -2.06. The van der Waals surface area contributed by atoms with E-state index in [4.69, 9.17) is 0 Å². The Labute approximate surface area is 65.7 Å². The van der Waals surface area contributed by atoms with Crippen LogP contribution in [0.25, 0.3) is 0 Å². The first-order valence-corrected chi connectivity index (χ1v) is 3.65. The third-order valence-corrected chi connectivity index (χ3v) is 1.71. The van der Waals surface area contributed by atoms with Gasteiger partial charge in [0.1, 0.15) is 0 Å². The second-order valence-electron chi connectivity index (χ2n) is 2.69. The Morgan fingerprint density at radius 3 is 2.55 bits per heavy atom. The van der Waals surface area contributed by atoms with Gasteiger partial charge in [-0.2, -0.15) is 0 Å². The third kappa shape index (κ3) is 1.31.